The van der Waals surface area contributed by atoms with Crippen LogP contribution in [0.5, 0.6) is 0 Å². The molecule has 2 heteroatoms. The summed E-state index contributed by atoms with van der Waals surface area (Å²) in [7, 11) is 2.13. The second-order valence-electron chi connectivity index (χ2n) is 4.25. The number of ether oxygens (including phenoxy) is 1. The van der Waals surface area contributed by atoms with E-state index in [9.17, 15) is 0 Å². The third-order valence-corrected chi connectivity index (χ3v) is 2.40. The van der Waals surface area contributed by atoms with Crippen molar-refractivity contribution < 1.29 is 4.74 Å². The number of hydrogen-bond acceptors (Lipinski definition) is 2. The molecule has 11 heavy (non-hydrogen) atoms. The van der Waals surface area contributed by atoms with Crippen LogP contribution in [0.15, 0.2) is 0 Å². The van der Waals surface area contributed by atoms with E-state index < -0.39 is 0 Å². The molecule has 0 radical (unpaired) electrons. The van der Waals surface area contributed by atoms with Crippen molar-refractivity contribution in [1.82, 2.24) is 4.90 Å². The van der Waals surface area contributed by atoms with Crippen LogP contribution >= 0.6 is 0 Å². The summed E-state index contributed by atoms with van der Waals surface area (Å²) in [5.41, 5.74) is 0.231. The molecule has 0 aromatic heterocycles. The Labute approximate surface area is 69.5 Å². The Morgan fingerprint density at radius 2 is 2.00 bits per heavy atom. The predicted molar refractivity (Wildman–Crippen MR) is 46.5 cm³/mol. The smallest absolute Gasteiger partial charge is 0.110 e. The molecule has 1 atom stereocenters. The topological polar surface area (TPSA) is 12.5 Å². The van der Waals surface area contributed by atoms with Gasteiger partial charge in [-0.05, 0) is 40.7 Å². The van der Waals surface area contributed by atoms with Gasteiger partial charge >= 0.3 is 0 Å². The van der Waals surface area contributed by atoms with Gasteiger partial charge in [-0.25, -0.2) is 0 Å². The Bertz CT molecular complexity index is 122. The molecular formula is C9H19NO. The standard InChI is InChI=1S/C9H19NO/c1-9(2,3)10(4)8-6-5-7-11-8/h8H,5-7H2,1-4H3. The van der Waals surface area contributed by atoms with Crippen molar-refractivity contribution in [2.75, 3.05) is 13.7 Å². The van der Waals surface area contributed by atoms with Crippen LogP contribution in [0.3, 0.4) is 0 Å². The number of rotatable bonds is 1. The largest absolute Gasteiger partial charge is 0.363 e. The van der Waals surface area contributed by atoms with E-state index in [-0.39, 0.29) is 5.54 Å². The first-order valence-corrected chi connectivity index (χ1v) is 4.36. The Morgan fingerprint density at radius 1 is 1.36 bits per heavy atom. The maximum atomic E-state index is 5.57. The van der Waals surface area contributed by atoms with E-state index in [1.807, 2.05) is 0 Å². The summed E-state index contributed by atoms with van der Waals surface area (Å²) in [6.45, 7) is 7.59. The Hall–Kier alpha value is -0.0800. The molecule has 0 spiro atoms. The van der Waals surface area contributed by atoms with Crippen LogP contribution in [0.25, 0.3) is 0 Å². The van der Waals surface area contributed by atoms with Gasteiger partial charge in [0.25, 0.3) is 0 Å². The molecule has 1 heterocycles. The SMILES string of the molecule is CN(C1CCCO1)C(C)(C)C. The van der Waals surface area contributed by atoms with Crippen LogP contribution in [0, 0.1) is 0 Å². The van der Waals surface area contributed by atoms with Gasteiger partial charge in [-0.2, -0.15) is 0 Å². The molecule has 0 bridgehead atoms. The minimum atomic E-state index is 0.231. The van der Waals surface area contributed by atoms with Crippen molar-refractivity contribution in [2.24, 2.45) is 0 Å². The molecule has 1 unspecified atom stereocenters. The van der Waals surface area contributed by atoms with Gasteiger partial charge in [-0.3, -0.25) is 4.90 Å². The summed E-state index contributed by atoms with van der Waals surface area (Å²) in [6.07, 6.45) is 2.76. The molecular weight excluding hydrogens is 138 g/mol. The monoisotopic (exact) mass is 157 g/mol. The van der Waals surface area contributed by atoms with Gasteiger partial charge in [0.05, 0.1) is 0 Å². The Kier molecular flexibility index (Phi) is 2.55. The normalized spacial score (nSPS) is 26.5. The van der Waals surface area contributed by atoms with E-state index in [0.717, 1.165) is 6.61 Å². The summed E-state index contributed by atoms with van der Waals surface area (Å²) in [5.74, 6) is 0. The van der Waals surface area contributed by atoms with Gasteiger partial charge in [0.1, 0.15) is 6.23 Å². The third-order valence-electron chi connectivity index (χ3n) is 2.40. The average molecular weight is 157 g/mol. The molecule has 1 fully saturated rings. The van der Waals surface area contributed by atoms with Crippen molar-refractivity contribution in [1.29, 1.82) is 0 Å². The minimum absolute atomic E-state index is 0.231. The lowest BCUT2D eigenvalue weighted by atomic mass is 10.1. The van der Waals surface area contributed by atoms with Crippen LogP contribution in [-0.4, -0.2) is 30.3 Å². The first kappa shape index (κ1) is 9.01. The van der Waals surface area contributed by atoms with Crippen molar-refractivity contribution in [3.05, 3.63) is 0 Å². The molecule has 1 saturated heterocycles. The molecule has 1 aliphatic heterocycles. The molecule has 1 aliphatic rings. The lowest BCUT2D eigenvalue weighted by Crippen LogP contribution is -2.44. The average Bonchev–Trinajstić information content (AvgIpc) is 2.34. The molecule has 0 N–H and O–H groups in total. The van der Waals surface area contributed by atoms with E-state index in [1.54, 1.807) is 0 Å². The van der Waals surface area contributed by atoms with Crippen molar-refractivity contribution >= 4 is 0 Å². The lowest BCUT2D eigenvalue weighted by Gasteiger charge is -2.36. The van der Waals surface area contributed by atoms with Gasteiger partial charge in [0.2, 0.25) is 0 Å². The lowest BCUT2D eigenvalue weighted by molar-refractivity contribution is -0.0483. The van der Waals surface area contributed by atoms with Crippen molar-refractivity contribution in [2.45, 2.75) is 45.4 Å². The zero-order valence-corrected chi connectivity index (χ0v) is 8.05. The Morgan fingerprint density at radius 3 is 2.36 bits per heavy atom. The van der Waals surface area contributed by atoms with Gasteiger partial charge in [0.15, 0.2) is 0 Å². The number of nitrogens with zero attached hydrogens (tertiary/aromatic N) is 1. The third kappa shape index (κ3) is 2.17. The second kappa shape index (κ2) is 3.11. The van der Waals surface area contributed by atoms with E-state index in [0.29, 0.717) is 6.23 Å². The van der Waals surface area contributed by atoms with E-state index >= 15 is 0 Å². The van der Waals surface area contributed by atoms with E-state index in [1.165, 1.54) is 12.8 Å². The highest BCUT2D eigenvalue weighted by molar-refractivity contribution is 4.77. The molecule has 0 amide bonds. The van der Waals surface area contributed by atoms with Crippen LogP contribution < -0.4 is 0 Å². The van der Waals surface area contributed by atoms with Gasteiger partial charge in [0, 0.05) is 12.1 Å². The van der Waals surface area contributed by atoms with Crippen LogP contribution in [-0.2, 0) is 4.74 Å². The van der Waals surface area contributed by atoms with Gasteiger partial charge in [-0.1, -0.05) is 0 Å². The predicted octanol–water partition coefficient (Wildman–Crippen LogP) is 1.85. The summed E-state index contributed by atoms with van der Waals surface area (Å²) in [6, 6.07) is 0. The highest BCUT2D eigenvalue weighted by Crippen LogP contribution is 2.22. The maximum absolute atomic E-state index is 5.57. The number of hydrogen-bond donors (Lipinski definition) is 0. The van der Waals surface area contributed by atoms with Crippen LogP contribution in [0.4, 0.5) is 0 Å². The zero-order chi connectivity index (χ0) is 8.48. The van der Waals surface area contributed by atoms with Gasteiger partial charge in [-0.15, -0.1) is 0 Å². The summed E-state index contributed by atoms with van der Waals surface area (Å²) in [5, 5.41) is 0. The maximum Gasteiger partial charge on any atom is 0.110 e. The summed E-state index contributed by atoms with van der Waals surface area (Å²) < 4.78 is 5.57. The van der Waals surface area contributed by atoms with Crippen molar-refractivity contribution in [3.63, 3.8) is 0 Å². The van der Waals surface area contributed by atoms with Gasteiger partial charge < -0.3 is 4.74 Å². The van der Waals surface area contributed by atoms with Crippen LogP contribution in [0.2, 0.25) is 0 Å². The van der Waals surface area contributed by atoms with Crippen molar-refractivity contribution in [3.8, 4) is 0 Å². The zero-order valence-electron chi connectivity index (χ0n) is 8.05. The summed E-state index contributed by atoms with van der Waals surface area (Å²) >= 11 is 0. The van der Waals surface area contributed by atoms with Crippen LogP contribution in [0.1, 0.15) is 33.6 Å². The molecule has 0 aliphatic carbocycles. The molecule has 0 aromatic rings. The molecule has 0 saturated carbocycles. The molecule has 2 nitrogen and oxygen atoms in total. The van der Waals surface area contributed by atoms with E-state index in [2.05, 4.69) is 32.7 Å². The quantitative estimate of drug-likeness (QED) is 0.576. The highest BCUT2D eigenvalue weighted by atomic mass is 16.5. The van der Waals surface area contributed by atoms with E-state index in [4.69, 9.17) is 4.74 Å². The fourth-order valence-corrected chi connectivity index (χ4v) is 1.30. The fraction of sp³-hybridized carbons (Fsp3) is 1.00. The molecule has 66 valence electrons. The molecule has 1 rings (SSSR count). The minimum Gasteiger partial charge on any atom is -0.363 e. The highest BCUT2D eigenvalue weighted by Gasteiger charge is 2.27. The Balaban J connectivity index is 2.46. The fourth-order valence-electron chi connectivity index (χ4n) is 1.30. The first-order valence-electron chi connectivity index (χ1n) is 4.36. The summed E-state index contributed by atoms with van der Waals surface area (Å²) in [4.78, 5) is 2.31. The molecule has 0 aromatic carbocycles. The second-order valence-corrected chi connectivity index (χ2v) is 4.25. The first-order chi connectivity index (χ1) is 5.02.